The molecule has 0 aliphatic carbocycles. The smallest absolute Gasteiger partial charge is 0.221 e. The summed E-state index contributed by atoms with van der Waals surface area (Å²) in [5, 5.41) is 3.70. The largest absolute Gasteiger partial charge is 0.355 e. The van der Waals surface area contributed by atoms with Crippen molar-refractivity contribution in [3.8, 4) is 0 Å². The number of carbonyl (C=O) groups excluding carboxylic acids is 1. The Labute approximate surface area is 155 Å². The number of hydrogen-bond acceptors (Lipinski definition) is 2. The van der Waals surface area contributed by atoms with E-state index in [-0.39, 0.29) is 36.2 Å². The zero-order chi connectivity index (χ0) is 16.9. The van der Waals surface area contributed by atoms with E-state index in [0.717, 1.165) is 11.1 Å². The van der Waals surface area contributed by atoms with Gasteiger partial charge in [-0.15, -0.1) is 12.4 Å². The van der Waals surface area contributed by atoms with Gasteiger partial charge in [0.05, 0.1) is 0 Å². The SMILES string of the molecule is CC(C)(CNC(=O)CC(N)c1ccccc1)c1ccc(Cl)cc1.Cl. The minimum atomic E-state index is -0.283. The van der Waals surface area contributed by atoms with Gasteiger partial charge >= 0.3 is 0 Å². The van der Waals surface area contributed by atoms with Crippen LogP contribution in [0.25, 0.3) is 0 Å². The molecule has 3 nitrogen and oxygen atoms in total. The molecule has 0 aliphatic rings. The van der Waals surface area contributed by atoms with Crippen molar-refractivity contribution < 1.29 is 4.79 Å². The van der Waals surface area contributed by atoms with E-state index in [1.54, 1.807) is 0 Å². The molecule has 0 bridgehead atoms. The van der Waals surface area contributed by atoms with Crippen molar-refractivity contribution in [2.45, 2.75) is 31.7 Å². The van der Waals surface area contributed by atoms with Gasteiger partial charge in [0.25, 0.3) is 0 Å². The van der Waals surface area contributed by atoms with Gasteiger partial charge in [0.15, 0.2) is 0 Å². The Hall–Kier alpha value is -1.55. The second-order valence-electron chi connectivity index (χ2n) is 6.39. The fourth-order valence-electron chi connectivity index (χ4n) is 2.41. The van der Waals surface area contributed by atoms with E-state index < -0.39 is 0 Å². The lowest BCUT2D eigenvalue weighted by Crippen LogP contribution is -2.37. The highest BCUT2D eigenvalue weighted by Gasteiger charge is 2.22. The maximum absolute atomic E-state index is 12.1. The molecule has 5 heteroatoms. The normalized spacial score (nSPS) is 12.2. The van der Waals surface area contributed by atoms with Gasteiger partial charge in [-0.1, -0.05) is 67.9 Å². The fraction of sp³-hybridized carbons (Fsp3) is 0.316. The van der Waals surface area contributed by atoms with E-state index >= 15 is 0 Å². The third-order valence-electron chi connectivity index (χ3n) is 3.99. The number of rotatable bonds is 6. The molecule has 1 atom stereocenters. The van der Waals surface area contributed by atoms with Crippen LogP contribution in [-0.4, -0.2) is 12.5 Å². The summed E-state index contributed by atoms with van der Waals surface area (Å²) in [6.45, 7) is 4.73. The number of nitrogens with two attached hydrogens (primary N) is 1. The summed E-state index contributed by atoms with van der Waals surface area (Å²) in [4.78, 5) is 12.1. The molecule has 3 N–H and O–H groups in total. The van der Waals surface area contributed by atoms with Gasteiger partial charge < -0.3 is 11.1 Å². The summed E-state index contributed by atoms with van der Waals surface area (Å²) < 4.78 is 0. The first kappa shape index (κ1) is 20.5. The summed E-state index contributed by atoms with van der Waals surface area (Å²) in [5.74, 6) is -0.0385. The number of amides is 1. The van der Waals surface area contributed by atoms with Gasteiger partial charge in [-0.25, -0.2) is 0 Å². The van der Waals surface area contributed by atoms with Gasteiger partial charge in [-0.3, -0.25) is 4.79 Å². The van der Waals surface area contributed by atoms with E-state index in [4.69, 9.17) is 17.3 Å². The van der Waals surface area contributed by atoms with Crippen molar-refractivity contribution >= 4 is 29.9 Å². The monoisotopic (exact) mass is 366 g/mol. The molecule has 0 saturated carbocycles. The Balaban J connectivity index is 0.00000288. The first-order chi connectivity index (χ1) is 10.9. The highest BCUT2D eigenvalue weighted by atomic mass is 35.5. The van der Waals surface area contributed by atoms with Crippen LogP contribution in [0.15, 0.2) is 54.6 Å². The van der Waals surface area contributed by atoms with Crippen molar-refractivity contribution in [1.82, 2.24) is 5.32 Å². The van der Waals surface area contributed by atoms with Crippen molar-refractivity contribution in [2.75, 3.05) is 6.54 Å². The lowest BCUT2D eigenvalue weighted by molar-refractivity contribution is -0.121. The van der Waals surface area contributed by atoms with E-state index in [0.29, 0.717) is 11.6 Å². The van der Waals surface area contributed by atoms with Crippen molar-refractivity contribution in [3.05, 3.63) is 70.7 Å². The Kier molecular flexibility index (Phi) is 7.74. The lowest BCUT2D eigenvalue weighted by atomic mass is 9.84. The Bertz CT molecular complexity index is 642. The highest BCUT2D eigenvalue weighted by Crippen LogP contribution is 2.24. The third kappa shape index (κ3) is 5.82. The molecule has 0 aliphatic heterocycles. The van der Waals surface area contributed by atoms with Gasteiger partial charge in [-0.05, 0) is 23.3 Å². The standard InChI is InChI=1S/C19H23ClN2O.ClH/c1-19(2,15-8-10-16(20)11-9-15)13-22-18(23)12-17(21)14-6-4-3-5-7-14;/h3-11,17H,12-13,21H2,1-2H3,(H,22,23);1H. The van der Waals surface area contributed by atoms with E-state index in [1.807, 2.05) is 54.6 Å². The second kappa shape index (κ2) is 9.07. The van der Waals surface area contributed by atoms with Crippen molar-refractivity contribution in [1.29, 1.82) is 0 Å². The molecule has 1 unspecified atom stereocenters. The Morgan fingerprint density at radius 2 is 1.71 bits per heavy atom. The van der Waals surface area contributed by atoms with Crippen molar-refractivity contribution in [3.63, 3.8) is 0 Å². The maximum Gasteiger partial charge on any atom is 0.221 e. The minimum absolute atomic E-state index is 0. The fourth-order valence-corrected chi connectivity index (χ4v) is 2.54. The van der Waals surface area contributed by atoms with Crippen LogP contribution in [-0.2, 0) is 10.2 Å². The Morgan fingerprint density at radius 1 is 1.12 bits per heavy atom. The van der Waals surface area contributed by atoms with Crippen LogP contribution in [0.2, 0.25) is 5.02 Å². The Morgan fingerprint density at radius 3 is 2.29 bits per heavy atom. The lowest BCUT2D eigenvalue weighted by Gasteiger charge is -2.26. The van der Waals surface area contributed by atoms with Gasteiger partial charge in [-0.2, -0.15) is 0 Å². The number of carbonyl (C=O) groups is 1. The molecule has 0 saturated heterocycles. The van der Waals surface area contributed by atoms with Gasteiger partial charge in [0.2, 0.25) is 5.91 Å². The maximum atomic E-state index is 12.1. The average Bonchev–Trinajstić information content (AvgIpc) is 2.54. The minimum Gasteiger partial charge on any atom is -0.355 e. The first-order valence-electron chi connectivity index (χ1n) is 7.72. The van der Waals surface area contributed by atoms with E-state index in [1.165, 1.54) is 0 Å². The van der Waals surface area contributed by atoms with Crippen LogP contribution in [0, 0.1) is 0 Å². The summed E-state index contributed by atoms with van der Waals surface area (Å²) in [7, 11) is 0. The molecule has 2 aromatic carbocycles. The molecule has 0 spiro atoms. The molecule has 2 rings (SSSR count). The topological polar surface area (TPSA) is 55.1 Å². The molecule has 0 radical (unpaired) electrons. The van der Waals surface area contributed by atoms with Crippen LogP contribution in [0.1, 0.15) is 37.4 Å². The average molecular weight is 367 g/mol. The molecule has 0 aromatic heterocycles. The van der Waals surface area contributed by atoms with Crippen LogP contribution in [0.3, 0.4) is 0 Å². The predicted molar refractivity (Wildman–Crippen MR) is 103 cm³/mol. The molecule has 2 aromatic rings. The van der Waals surface area contributed by atoms with Crippen LogP contribution >= 0.6 is 24.0 Å². The molecule has 0 heterocycles. The van der Waals surface area contributed by atoms with Gasteiger partial charge in [0.1, 0.15) is 0 Å². The van der Waals surface area contributed by atoms with Crippen molar-refractivity contribution in [2.24, 2.45) is 5.73 Å². The zero-order valence-corrected chi connectivity index (χ0v) is 15.5. The quantitative estimate of drug-likeness (QED) is 0.802. The first-order valence-corrected chi connectivity index (χ1v) is 8.09. The summed E-state index contributed by atoms with van der Waals surface area (Å²) >= 11 is 5.92. The van der Waals surface area contributed by atoms with Crippen LogP contribution < -0.4 is 11.1 Å². The molecule has 0 fully saturated rings. The van der Waals surface area contributed by atoms with E-state index in [9.17, 15) is 4.79 Å². The second-order valence-corrected chi connectivity index (χ2v) is 6.83. The van der Waals surface area contributed by atoms with E-state index in [2.05, 4.69) is 19.2 Å². The molecular formula is C19H24Cl2N2O. The summed E-state index contributed by atoms with van der Waals surface area (Å²) in [5.41, 5.74) is 8.02. The van der Waals surface area contributed by atoms with Crippen LogP contribution in [0.5, 0.6) is 0 Å². The number of hydrogen-bond donors (Lipinski definition) is 2. The molecular weight excluding hydrogens is 343 g/mol. The zero-order valence-electron chi connectivity index (χ0n) is 14.0. The number of nitrogens with one attached hydrogen (secondary N) is 1. The molecule has 24 heavy (non-hydrogen) atoms. The summed E-state index contributed by atoms with van der Waals surface area (Å²) in [6, 6.07) is 17.1. The highest BCUT2D eigenvalue weighted by molar-refractivity contribution is 6.30. The summed E-state index contributed by atoms with van der Waals surface area (Å²) in [6.07, 6.45) is 0.278. The predicted octanol–water partition coefficient (Wildman–Crippen LogP) is 4.25. The third-order valence-corrected chi connectivity index (χ3v) is 4.24. The number of halogens is 2. The molecule has 1 amide bonds. The molecule has 130 valence electrons. The van der Waals surface area contributed by atoms with Gasteiger partial charge in [0, 0.05) is 29.4 Å². The number of benzene rings is 2. The van der Waals surface area contributed by atoms with Crippen LogP contribution in [0.4, 0.5) is 0 Å².